The van der Waals surface area contributed by atoms with E-state index < -0.39 is 0 Å². The Hall–Kier alpha value is -2.60. The number of hydrogen-bond acceptors (Lipinski definition) is 6. The van der Waals surface area contributed by atoms with Crippen molar-refractivity contribution in [3.05, 3.63) is 40.5 Å². The summed E-state index contributed by atoms with van der Waals surface area (Å²) in [4.78, 5) is 2.55. The third-order valence-corrected chi connectivity index (χ3v) is 6.80. The minimum Gasteiger partial charge on any atom is -0.493 e. The molecule has 3 aliphatic rings. The third-order valence-electron chi connectivity index (χ3n) is 6.80. The number of ether oxygens (including phenoxy) is 5. The van der Waals surface area contributed by atoms with Crippen LogP contribution in [0.25, 0.3) is 0 Å². The fraction of sp³-hybridized carbons (Fsp3) is 0.478. The van der Waals surface area contributed by atoms with Crippen molar-refractivity contribution in [2.45, 2.75) is 31.3 Å². The van der Waals surface area contributed by atoms with Gasteiger partial charge in [0.05, 0.1) is 41.1 Å². The Bertz CT molecular complexity index is 988. The Morgan fingerprint density at radius 3 is 2.45 bits per heavy atom. The molecule has 2 atom stereocenters. The van der Waals surface area contributed by atoms with Gasteiger partial charge in [0.25, 0.3) is 0 Å². The second-order valence-corrected chi connectivity index (χ2v) is 8.17. The molecule has 0 saturated carbocycles. The summed E-state index contributed by atoms with van der Waals surface area (Å²) < 4.78 is 29.0. The van der Waals surface area contributed by atoms with Gasteiger partial charge in [0, 0.05) is 29.6 Å². The number of nitrogens with zero attached hydrogens (tertiary/aromatic N) is 1. The highest BCUT2D eigenvalue weighted by Crippen LogP contribution is 2.60. The van der Waals surface area contributed by atoms with Gasteiger partial charge in [0.1, 0.15) is 0 Å². The molecule has 6 nitrogen and oxygen atoms in total. The van der Waals surface area contributed by atoms with Crippen LogP contribution < -0.4 is 23.7 Å². The van der Waals surface area contributed by atoms with E-state index >= 15 is 0 Å². The van der Waals surface area contributed by atoms with Gasteiger partial charge in [-0.2, -0.15) is 0 Å². The summed E-state index contributed by atoms with van der Waals surface area (Å²) in [6.07, 6.45) is 0.945. The van der Waals surface area contributed by atoms with E-state index in [-0.39, 0.29) is 11.5 Å². The Morgan fingerprint density at radius 2 is 1.76 bits per heavy atom. The lowest BCUT2D eigenvalue weighted by atomic mass is 9.65. The van der Waals surface area contributed by atoms with E-state index in [0.29, 0.717) is 12.4 Å². The normalized spacial score (nSPS) is 24.1. The molecule has 0 N–H and O–H groups in total. The number of fused-ring (bicyclic) bond motifs is 2. The lowest BCUT2D eigenvalue weighted by Gasteiger charge is -2.54. The zero-order valence-corrected chi connectivity index (χ0v) is 17.6. The van der Waals surface area contributed by atoms with E-state index in [9.17, 15) is 0 Å². The van der Waals surface area contributed by atoms with Gasteiger partial charge in [0.2, 0.25) is 5.75 Å². The lowest BCUT2D eigenvalue weighted by Crippen LogP contribution is -2.54. The Labute approximate surface area is 171 Å². The molecule has 5 rings (SSSR count). The first-order valence-corrected chi connectivity index (χ1v) is 9.96. The van der Waals surface area contributed by atoms with Crippen molar-refractivity contribution in [2.24, 2.45) is 0 Å². The molecule has 0 spiro atoms. The second kappa shape index (κ2) is 6.46. The highest BCUT2D eigenvalue weighted by Gasteiger charge is 2.53. The monoisotopic (exact) mass is 397 g/mol. The molecule has 0 fully saturated rings. The Kier molecular flexibility index (Phi) is 4.10. The zero-order valence-electron chi connectivity index (χ0n) is 17.6. The molecule has 3 heterocycles. The van der Waals surface area contributed by atoms with Crippen LogP contribution in [0.15, 0.2) is 18.2 Å². The average Bonchev–Trinajstić information content (AvgIpc) is 2.75. The van der Waals surface area contributed by atoms with Crippen LogP contribution in [0.2, 0.25) is 0 Å². The molecule has 6 heteroatoms. The fourth-order valence-corrected chi connectivity index (χ4v) is 5.56. The molecule has 29 heavy (non-hydrogen) atoms. The van der Waals surface area contributed by atoms with Gasteiger partial charge in [-0.3, -0.25) is 4.90 Å². The van der Waals surface area contributed by atoms with E-state index in [0.717, 1.165) is 42.5 Å². The quantitative estimate of drug-likeness (QED) is 0.787. The Balaban J connectivity index is 1.75. The van der Waals surface area contributed by atoms with Gasteiger partial charge in [-0.1, -0.05) is 13.0 Å². The average molecular weight is 397 g/mol. The molecule has 2 aromatic rings. The molecular formula is C23H27NO5. The summed E-state index contributed by atoms with van der Waals surface area (Å²) in [7, 11) is 6.75. The molecule has 0 saturated heterocycles. The molecule has 0 radical (unpaired) electrons. The molecule has 0 bridgehead atoms. The summed E-state index contributed by atoms with van der Waals surface area (Å²) >= 11 is 0. The first kappa shape index (κ1) is 18.4. The van der Waals surface area contributed by atoms with Crippen LogP contribution in [-0.2, 0) is 18.4 Å². The molecule has 0 aliphatic carbocycles. The maximum absolute atomic E-state index is 6.41. The van der Waals surface area contributed by atoms with E-state index in [1.165, 1.54) is 22.3 Å². The summed E-state index contributed by atoms with van der Waals surface area (Å²) in [5.41, 5.74) is 4.79. The third kappa shape index (κ3) is 2.32. The maximum atomic E-state index is 6.41. The topological polar surface area (TPSA) is 49.4 Å². The van der Waals surface area contributed by atoms with Crippen LogP contribution in [0, 0.1) is 0 Å². The number of benzene rings is 2. The summed E-state index contributed by atoms with van der Waals surface area (Å²) in [6.45, 7) is 4.65. The first-order chi connectivity index (χ1) is 14.1. The predicted octanol–water partition coefficient (Wildman–Crippen LogP) is 3.48. The van der Waals surface area contributed by atoms with Gasteiger partial charge in [-0.05, 0) is 29.7 Å². The largest absolute Gasteiger partial charge is 0.493 e. The number of hydrogen-bond donors (Lipinski definition) is 0. The molecule has 3 aliphatic heterocycles. The summed E-state index contributed by atoms with van der Waals surface area (Å²) in [5, 5.41) is 0. The van der Waals surface area contributed by atoms with Crippen molar-refractivity contribution in [1.29, 1.82) is 0 Å². The smallest absolute Gasteiger partial charge is 0.203 e. The maximum Gasteiger partial charge on any atom is 0.203 e. The summed E-state index contributed by atoms with van der Waals surface area (Å²) in [5.74, 6) is 3.86. The van der Waals surface area contributed by atoms with Gasteiger partial charge in [-0.25, -0.2) is 0 Å². The van der Waals surface area contributed by atoms with Gasteiger partial charge in [-0.15, -0.1) is 0 Å². The highest BCUT2D eigenvalue weighted by atomic mass is 16.5. The van der Waals surface area contributed by atoms with Crippen LogP contribution in [0.4, 0.5) is 0 Å². The predicted molar refractivity (Wildman–Crippen MR) is 109 cm³/mol. The van der Waals surface area contributed by atoms with Crippen molar-refractivity contribution in [3.8, 4) is 28.7 Å². The summed E-state index contributed by atoms with van der Waals surface area (Å²) in [6, 6.07) is 6.53. The van der Waals surface area contributed by atoms with Gasteiger partial charge < -0.3 is 23.7 Å². The van der Waals surface area contributed by atoms with E-state index in [1.807, 2.05) is 6.07 Å². The van der Waals surface area contributed by atoms with Crippen LogP contribution in [0.3, 0.4) is 0 Å². The first-order valence-electron chi connectivity index (χ1n) is 9.96. The second-order valence-electron chi connectivity index (χ2n) is 8.17. The van der Waals surface area contributed by atoms with Crippen LogP contribution in [0.5, 0.6) is 28.7 Å². The van der Waals surface area contributed by atoms with E-state index in [1.54, 1.807) is 28.4 Å². The van der Waals surface area contributed by atoms with Gasteiger partial charge >= 0.3 is 0 Å². The molecule has 2 aromatic carbocycles. The van der Waals surface area contributed by atoms with E-state index in [4.69, 9.17) is 23.7 Å². The number of rotatable bonds is 4. The lowest BCUT2D eigenvalue weighted by molar-refractivity contribution is 0.0309. The van der Waals surface area contributed by atoms with Crippen molar-refractivity contribution in [3.63, 3.8) is 0 Å². The molecule has 154 valence electrons. The van der Waals surface area contributed by atoms with Crippen molar-refractivity contribution < 1.29 is 23.7 Å². The minimum absolute atomic E-state index is 0.199. The van der Waals surface area contributed by atoms with E-state index in [2.05, 4.69) is 24.0 Å². The molecular weight excluding hydrogens is 370 g/mol. The van der Waals surface area contributed by atoms with Crippen LogP contribution in [-0.4, -0.2) is 46.5 Å². The highest BCUT2D eigenvalue weighted by molar-refractivity contribution is 5.65. The molecule has 0 unspecified atom stereocenters. The Morgan fingerprint density at radius 1 is 1.00 bits per heavy atom. The van der Waals surface area contributed by atoms with Crippen molar-refractivity contribution in [1.82, 2.24) is 4.90 Å². The SMILES string of the molecule is COc1ccc2c(c1OC)CN1CCc3cc(OC)c(OC)c4c3[C@H]1[C@]2(C)CO4. The fourth-order valence-electron chi connectivity index (χ4n) is 5.56. The number of methoxy groups -OCH3 is 4. The standard InChI is InChI=1S/C23H27NO5/c1-23-12-29-21-18-13(10-17(26-3)20(21)28-5)8-9-24(22(18)23)11-14-15(23)6-7-16(25-2)19(14)27-4/h6-7,10,22H,8-9,11-12H2,1-5H3/t22-,23+/m0/s1. The van der Waals surface area contributed by atoms with Gasteiger partial charge in [0.15, 0.2) is 23.0 Å². The molecule has 0 aromatic heterocycles. The zero-order chi connectivity index (χ0) is 20.3. The minimum atomic E-state index is -0.199. The van der Waals surface area contributed by atoms with Crippen LogP contribution >= 0.6 is 0 Å². The van der Waals surface area contributed by atoms with Crippen molar-refractivity contribution >= 4 is 0 Å². The van der Waals surface area contributed by atoms with Crippen molar-refractivity contribution in [2.75, 3.05) is 41.6 Å². The van der Waals surface area contributed by atoms with Crippen LogP contribution in [0.1, 0.15) is 35.2 Å². The molecule has 0 amide bonds.